The van der Waals surface area contributed by atoms with Crippen molar-refractivity contribution in [3.05, 3.63) is 16.1 Å². The molecule has 4 nitrogen and oxygen atoms in total. The van der Waals surface area contributed by atoms with E-state index in [1.54, 1.807) is 0 Å². The number of nitrogens with zero attached hydrogens (tertiary/aromatic N) is 3. The average Bonchev–Trinajstić information content (AvgIpc) is 2.92. The Morgan fingerprint density at radius 2 is 2.27 bits per heavy atom. The second-order valence-corrected chi connectivity index (χ2v) is 5.10. The zero-order valence-electron chi connectivity index (χ0n) is 8.53. The summed E-state index contributed by atoms with van der Waals surface area (Å²) < 4.78 is 2.88. The van der Waals surface area contributed by atoms with Crippen molar-refractivity contribution < 1.29 is 4.79 Å². The molecule has 3 rings (SSSR count). The van der Waals surface area contributed by atoms with Gasteiger partial charge in [-0.3, -0.25) is 9.36 Å². The van der Waals surface area contributed by atoms with Crippen LogP contribution < -0.4 is 0 Å². The Bertz CT molecular complexity index is 436. The molecule has 5 heteroatoms. The quantitative estimate of drug-likeness (QED) is 0.821. The first-order valence-electron chi connectivity index (χ1n) is 5.18. The molecule has 0 radical (unpaired) electrons. The number of amides is 1. The molecular weight excluding hydrogens is 258 g/mol. The van der Waals surface area contributed by atoms with Gasteiger partial charge in [0.15, 0.2) is 0 Å². The van der Waals surface area contributed by atoms with Crippen LogP contribution in [-0.2, 0) is 6.67 Å². The standard InChI is InChI=1S/C10H12BrN3O/c1-6-8(11)14-5-13(4-7-2-3-7)10(15)9(14)12-6/h7H,2-5H2,1H3. The molecule has 1 amide bonds. The van der Waals surface area contributed by atoms with Gasteiger partial charge in [-0.05, 0) is 41.6 Å². The van der Waals surface area contributed by atoms with Gasteiger partial charge in [-0.2, -0.15) is 0 Å². The predicted molar refractivity (Wildman–Crippen MR) is 58.4 cm³/mol. The van der Waals surface area contributed by atoms with Crippen LogP contribution in [0.25, 0.3) is 0 Å². The summed E-state index contributed by atoms with van der Waals surface area (Å²) in [6, 6.07) is 0. The Kier molecular flexibility index (Phi) is 1.92. The first-order valence-corrected chi connectivity index (χ1v) is 5.98. The molecule has 1 fully saturated rings. The van der Waals surface area contributed by atoms with Crippen LogP contribution in [0.4, 0.5) is 0 Å². The minimum atomic E-state index is 0.0794. The maximum atomic E-state index is 11.9. The van der Waals surface area contributed by atoms with Gasteiger partial charge in [0.05, 0.1) is 5.69 Å². The van der Waals surface area contributed by atoms with Gasteiger partial charge >= 0.3 is 0 Å². The fraction of sp³-hybridized carbons (Fsp3) is 0.600. The van der Waals surface area contributed by atoms with Crippen LogP contribution in [0.1, 0.15) is 29.2 Å². The summed E-state index contributed by atoms with van der Waals surface area (Å²) >= 11 is 3.46. The molecule has 0 N–H and O–H groups in total. The van der Waals surface area contributed by atoms with Crippen molar-refractivity contribution in [2.45, 2.75) is 26.4 Å². The molecule has 80 valence electrons. The van der Waals surface area contributed by atoms with E-state index in [1.807, 2.05) is 16.4 Å². The number of halogens is 1. The third kappa shape index (κ3) is 1.40. The van der Waals surface area contributed by atoms with Gasteiger partial charge in [0.25, 0.3) is 5.91 Å². The van der Waals surface area contributed by atoms with Crippen LogP contribution in [0, 0.1) is 12.8 Å². The van der Waals surface area contributed by atoms with Crippen molar-refractivity contribution in [3.8, 4) is 0 Å². The largest absolute Gasteiger partial charge is 0.318 e. The second-order valence-electron chi connectivity index (χ2n) is 4.35. The van der Waals surface area contributed by atoms with E-state index in [9.17, 15) is 4.79 Å². The Hall–Kier alpha value is -0.840. The topological polar surface area (TPSA) is 38.1 Å². The van der Waals surface area contributed by atoms with Crippen LogP contribution in [0.5, 0.6) is 0 Å². The molecule has 2 aliphatic rings. The molecule has 1 saturated carbocycles. The van der Waals surface area contributed by atoms with Crippen molar-refractivity contribution in [2.24, 2.45) is 5.92 Å². The minimum Gasteiger partial charge on any atom is -0.318 e. The van der Waals surface area contributed by atoms with Crippen LogP contribution in [-0.4, -0.2) is 26.9 Å². The zero-order valence-corrected chi connectivity index (χ0v) is 10.1. The monoisotopic (exact) mass is 269 g/mol. The van der Waals surface area contributed by atoms with Crippen LogP contribution in [0.15, 0.2) is 4.60 Å². The fourth-order valence-corrected chi connectivity index (χ4v) is 2.34. The maximum absolute atomic E-state index is 11.9. The number of carbonyl (C=O) groups is 1. The van der Waals surface area contributed by atoms with Gasteiger partial charge in [-0.25, -0.2) is 4.98 Å². The molecule has 0 unspecified atom stereocenters. The summed E-state index contributed by atoms with van der Waals surface area (Å²) in [4.78, 5) is 18.1. The molecule has 1 aromatic heterocycles. The first-order chi connectivity index (χ1) is 7.16. The second kappa shape index (κ2) is 3.07. The number of fused-ring (bicyclic) bond motifs is 1. The van der Waals surface area contributed by atoms with Gasteiger partial charge in [-0.1, -0.05) is 0 Å². The lowest BCUT2D eigenvalue weighted by Gasteiger charge is -2.14. The normalized spacial score (nSPS) is 19.9. The van der Waals surface area contributed by atoms with E-state index in [0.717, 1.165) is 22.8 Å². The number of imidazole rings is 1. The molecule has 0 spiro atoms. The highest BCUT2D eigenvalue weighted by Gasteiger charge is 2.35. The molecule has 15 heavy (non-hydrogen) atoms. The summed E-state index contributed by atoms with van der Waals surface area (Å²) in [5.74, 6) is 1.40. The van der Waals surface area contributed by atoms with Crippen LogP contribution >= 0.6 is 15.9 Å². The minimum absolute atomic E-state index is 0.0794. The van der Waals surface area contributed by atoms with E-state index >= 15 is 0 Å². The average molecular weight is 270 g/mol. The third-order valence-corrected chi connectivity index (χ3v) is 4.03. The lowest BCUT2D eigenvalue weighted by Crippen LogP contribution is -2.27. The van der Waals surface area contributed by atoms with E-state index in [4.69, 9.17) is 0 Å². The van der Waals surface area contributed by atoms with Crippen LogP contribution in [0.3, 0.4) is 0 Å². The summed E-state index contributed by atoms with van der Waals surface area (Å²) in [5.41, 5.74) is 0.893. The number of rotatable bonds is 2. The highest BCUT2D eigenvalue weighted by atomic mass is 79.9. The molecule has 1 aliphatic heterocycles. The summed E-state index contributed by atoms with van der Waals surface area (Å²) in [6.07, 6.45) is 2.54. The Balaban J connectivity index is 1.88. The predicted octanol–water partition coefficient (Wildman–Crippen LogP) is 1.78. The van der Waals surface area contributed by atoms with Crippen molar-refractivity contribution in [3.63, 3.8) is 0 Å². The van der Waals surface area contributed by atoms with E-state index in [1.165, 1.54) is 12.8 Å². The van der Waals surface area contributed by atoms with Gasteiger partial charge < -0.3 is 4.90 Å². The Morgan fingerprint density at radius 3 is 2.87 bits per heavy atom. The van der Waals surface area contributed by atoms with Gasteiger partial charge in [0, 0.05) is 6.54 Å². The number of aromatic nitrogens is 2. The first kappa shape index (κ1) is 9.39. The zero-order chi connectivity index (χ0) is 10.6. The van der Waals surface area contributed by atoms with Gasteiger partial charge in [0.2, 0.25) is 5.82 Å². The van der Waals surface area contributed by atoms with E-state index in [-0.39, 0.29) is 5.91 Å². The maximum Gasteiger partial charge on any atom is 0.291 e. The Labute approximate surface area is 96.4 Å². The molecule has 0 atom stereocenters. The highest BCUT2D eigenvalue weighted by molar-refractivity contribution is 9.10. The van der Waals surface area contributed by atoms with Crippen molar-refractivity contribution in [1.82, 2.24) is 14.5 Å². The number of hydrogen-bond acceptors (Lipinski definition) is 2. The van der Waals surface area contributed by atoms with E-state index in [2.05, 4.69) is 20.9 Å². The lowest BCUT2D eigenvalue weighted by atomic mass is 10.4. The summed E-state index contributed by atoms with van der Waals surface area (Å²) in [5, 5.41) is 0. The van der Waals surface area contributed by atoms with E-state index < -0.39 is 0 Å². The molecule has 0 bridgehead atoms. The molecule has 2 heterocycles. The Morgan fingerprint density at radius 1 is 1.53 bits per heavy atom. The molecule has 1 aliphatic carbocycles. The molecule has 0 aromatic carbocycles. The van der Waals surface area contributed by atoms with Crippen molar-refractivity contribution in [1.29, 1.82) is 0 Å². The smallest absolute Gasteiger partial charge is 0.291 e. The fourth-order valence-electron chi connectivity index (χ4n) is 1.98. The molecule has 0 saturated heterocycles. The van der Waals surface area contributed by atoms with Gasteiger partial charge in [0.1, 0.15) is 11.3 Å². The summed E-state index contributed by atoms with van der Waals surface area (Å²) in [7, 11) is 0. The molecule has 1 aromatic rings. The van der Waals surface area contributed by atoms with E-state index in [0.29, 0.717) is 12.5 Å². The molecular formula is C10H12BrN3O. The van der Waals surface area contributed by atoms with Crippen molar-refractivity contribution >= 4 is 21.8 Å². The van der Waals surface area contributed by atoms with Gasteiger partial charge in [-0.15, -0.1) is 0 Å². The van der Waals surface area contributed by atoms with Crippen molar-refractivity contribution in [2.75, 3.05) is 6.54 Å². The highest BCUT2D eigenvalue weighted by Crippen LogP contribution is 2.32. The number of carbonyl (C=O) groups excluding carboxylic acids is 1. The number of hydrogen-bond donors (Lipinski definition) is 0. The van der Waals surface area contributed by atoms with Crippen LogP contribution in [0.2, 0.25) is 0 Å². The summed E-state index contributed by atoms with van der Waals surface area (Å²) in [6.45, 7) is 3.47. The SMILES string of the molecule is Cc1nc2n(c1Br)CN(CC1CC1)C2=O. The lowest BCUT2D eigenvalue weighted by molar-refractivity contribution is 0.0757. The number of aryl methyl sites for hydroxylation is 1. The third-order valence-electron chi connectivity index (χ3n) is 3.03.